The number of carbonyl (C=O) groups excluding carboxylic acids is 1. The molecule has 1 unspecified atom stereocenters. The monoisotopic (exact) mass is 507 g/mol. The lowest BCUT2D eigenvalue weighted by Gasteiger charge is -2.38. The number of hydrogen-bond acceptors (Lipinski definition) is 4. The number of carbonyl (C=O) groups is 1. The van der Waals surface area contributed by atoms with Crippen molar-refractivity contribution in [3.05, 3.63) is 63.6 Å². The number of benzene rings is 2. The number of aryl methyl sites for hydroxylation is 1. The molecule has 1 heterocycles. The zero-order valence-corrected chi connectivity index (χ0v) is 19.0. The molecule has 6 nitrogen and oxygen atoms in total. The highest BCUT2D eigenvalue weighted by molar-refractivity contribution is 7.89. The Hall–Kier alpha value is -2.30. The van der Waals surface area contributed by atoms with E-state index in [1.54, 1.807) is 19.1 Å². The fraction of sp³-hybridized carbons (Fsp3) is 0.300. The lowest BCUT2D eigenvalue weighted by Crippen LogP contribution is -2.54. The van der Waals surface area contributed by atoms with Gasteiger partial charge in [-0.15, -0.1) is 5.10 Å². The summed E-state index contributed by atoms with van der Waals surface area (Å²) in [5.41, 5.74) is 0.744. The van der Waals surface area contributed by atoms with Crippen LogP contribution >= 0.6 is 23.2 Å². The van der Waals surface area contributed by atoms with Gasteiger partial charge in [0.15, 0.2) is 5.84 Å². The van der Waals surface area contributed by atoms with Crippen molar-refractivity contribution in [2.24, 2.45) is 5.10 Å². The molecule has 2 aromatic rings. The van der Waals surface area contributed by atoms with E-state index in [2.05, 4.69) is 5.10 Å². The van der Waals surface area contributed by atoms with Crippen LogP contribution in [0.4, 0.5) is 13.2 Å². The Bertz CT molecular complexity index is 1130. The molecule has 0 aromatic heterocycles. The minimum absolute atomic E-state index is 0.0244. The van der Waals surface area contributed by atoms with Crippen LogP contribution in [0.25, 0.3) is 0 Å². The first-order valence-electron chi connectivity index (χ1n) is 9.36. The van der Waals surface area contributed by atoms with Crippen molar-refractivity contribution in [3.8, 4) is 0 Å². The SMILES string of the molecule is Cc1ccc(S(=O)(=O)N/N=C(\c2c(Cl)cccc2Cl)N2CCC(=O)CC2C(F)(F)F)cc1. The van der Waals surface area contributed by atoms with Crippen LogP contribution in [0.15, 0.2) is 52.5 Å². The topological polar surface area (TPSA) is 78.8 Å². The largest absolute Gasteiger partial charge is 0.409 e. The molecule has 1 fully saturated rings. The predicted molar refractivity (Wildman–Crippen MR) is 115 cm³/mol. The minimum Gasteiger partial charge on any atom is -0.342 e. The van der Waals surface area contributed by atoms with Gasteiger partial charge in [-0.05, 0) is 31.2 Å². The van der Waals surface area contributed by atoms with Gasteiger partial charge in [-0.25, -0.2) is 0 Å². The van der Waals surface area contributed by atoms with E-state index in [-0.39, 0.29) is 33.5 Å². The van der Waals surface area contributed by atoms with Crippen LogP contribution in [0.2, 0.25) is 10.0 Å². The summed E-state index contributed by atoms with van der Waals surface area (Å²) in [4.78, 5) is 14.4. The van der Waals surface area contributed by atoms with Crippen molar-refractivity contribution in [2.75, 3.05) is 6.54 Å². The molecular weight excluding hydrogens is 490 g/mol. The van der Waals surface area contributed by atoms with E-state index in [0.717, 1.165) is 10.5 Å². The summed E-state index contributed by atoms with van der Waals surface area (Å²) in [5, 5.41) is 3.77. The van der Waals surface area contributed by atoms with Crippen LogP contribution < -0.4 is 4.83 Å². The zero-order valence-electron chi connectivity index (χ0n) is 16.7. The first-order valence-corrected chi connectivity index (χ1v) is 11.6. The molecule has 0 saturated carbocycles. The first-order chi connectivity index (χ1) is 14.9. The number of hydrogen-bond donors (Lipinski definition) is 1. The molecule has 32 heavy (non-hydrogen) atoms. The Labute approximate surface area is 193 Å². The normalized spacial score (nSPS) is 18.1. The predicted octanol–water partition coefficient (Wildman–Crippen LogP) is 4.54. The average molecular weight is 508 g/mol. The second-order valence-corrected chi connectivity index (χ2v) is 9.66. The summed E-state index contributed by atoms with van der Waals surface area (Å²) in [6, 6.07) is 7.89. The maximum atomic E-state index is 13.8. The van der Waals surface area contributed by atoms with Gasteiger partial charge in [-0.1, -0.05) is 47.0 Å². The highest BCUT2D eigenvalue weighted by atomic mass is 35.5. The smallest absolute Gasteiger partial charge is 0.342 e. The van der Waals surface area contributed by atoms with Crippen molar-refractivity contribution in [1.29, 1.82) is 0 Å². The van der Waals surface area contributed by atoms with E-state index < -0.39 is 40.3 Å². The molecule has 0 aliphatic carbocycles. The van der Waals surface area contributed by atoms with Gasteiger partial charge in [0.2, 0.25) is 0 Å². The second kappa shape index (κ2) is 9.29. The van der Waals surface area contributed by atoms with Gasteiger partial charge in [0.25, 0.3) is 10.0 Å². The minimum atomic E-state index is -4.78. The zero-order chi connectivity index (χ0) is 23.7. The number of hydrazone groups is 1. The number of piperidine rings is 1. The van der Waals surface area contributed by atoms with E-state index >= 15 is 0 Å². The Balaban J connectivity index is 2.11. The van der Waals surface area contributed by atoms with Gasteiger partial charge < -0.3 is 4.90 Å². The van der Waals surface area contributed by atoms with E-state index in [4.69, 9.17) is 23.2 Å². The molecule has 1 aliphatic rings. The van der Waals surface area contributed by atoms with Crippen LogP contribution in [0, 0.1) is 6.92 Å². The highest BCUT2D eigenvalue weighted by Gasteiger charge is 2.48. The molecular formula is C20H18Cl2F3N3O3S. The molecule has 1 N–H and O–H groups in total. The fourth-order valence-corrected chi connectivity index (χ4v) is 4.60. The van der Waals surface area contributed by atoms with Gasteiger partial charge in [-0.2, -0.15) is 26.4 Å². The number of alkyl halides is 3. The summed E-state index contributed by atoms with van der Waals surface area (Å²) >= 11 is 12.4. The number of ketones is 1. The molecule has 2 aromatic carbocycles. The molecule has 0 radical (unpaired) electrons. The third-order valence-electron chi connectivity index (χ3n) is 4.87. The Morgan fingerprint density at radius 3 is 2.28 bits per heavy atom. The van der Waals surface area contributed by atoms with Crippen LogP contribution in [0.3, 0.4) is 0 Å². The molecule has 12 heteroatoms. The van der Waals surface area contributed by atoms with Gasteiger partial charge in [-0.3, -0.25) is 4.79 Å². The van der Waals surface area contributed by atoms with Crippen LogP contribution in [0.1, 0.15) is 24.0 Å². The molecule has 1 saturated heterocycles. The molecule has 0 bridgehead atoms. The Kier molecular flexibility index (Phi) is 7.06. The number of amidine groups is 1. The quantitative estimate of drug-likeness (QED) is 0.374. The van der Waals surface area contributed by atoms with Gasteiger partial charge in [0.1, 0.15) is 11.8 Å². The van der Waals surface area contributed by atoms with Crippen molar-refractivity contribution in [3.63, 3.8) is 0 Å². The first kappa shape index (κ1) is 24.3. The van der Waals surface area contributed by atoms with Crippen LogP contribution in [-0.4, -0.2) is 43.7 Å². The number of halogens is 5. The summed E-state index contributed by atoms with van der Waals surface area (Å²) in [6.07, 6.45) is -5.74. The van der Waals surface area contributed by atoms with Crippen LogP contribution in [-0.2, 0) is 14.8 Å². The Morgan fingerprint density at radius 1 is 1.12 bits per heavy atom. The summed E-state index contributed by atoms with van der Waals surface area (Å²) in [5.74, 6) is -0.987. The van der Waals surface area contributed by atoms with Gasteiger partial charge in [0.05, 0.1) is 20.5 Å². The number of nitrogens with zero attached hydrogens (tertiary/aromatic N) is 2. The maximum Gasteiger partial charge on any atom is 0.409 e. The fourth-order valence-electron chi connectivity index (χ4n) is 3.22. The summed E-state index contributed by atoms with van der Waals surface area (Å²) in [6.45, 7) is 1.43. The molecule has 0 spiro atoms. The number of rotatable bonds is 4. The standard InChI is InChI=1S/C20H18Cl2F3N3O3S/c1-12-5-7-14(8-6-12)32(30,31)27-26-19(18-15(21)3-2-4-16(18)22)28-10-9-13(29)11-17(28)20(23,24)25/h2-8,17,27H,9-11H2,1H3/b26-19+. The molecule has 1 aliphatic heterocycles. The lowest BCUT2D eigenvalue weighted by molar-refractivity contribution is -0.182. The second-order valence-electron chi connectivity index (χ2n) is 7.18. The van der Waals surface area contributed by atoms with E-state index in [1.807, 2.05) is 4.83 Å². The molecule has 0 amide bonds. The summed E-state index contributed by atoms with van der Waals surface area (Å²) < 4.78 is 66.7. The van der Waals surface area contributed by atoms with Gasteiger partial charge >= 0.3 is 6.18 Å². The number of likely N-dealkylation sites (tertiary alicyclic amines) is 1. The third kappa shape index (κ3) is 5.36. The van der Waals surface area contributed by atoms with Crippen molar-refractivity contribution in [1.82, 2.24) is 9.73 Å². The van der Waals surface area contributed by atoms with Gasteiger partial charge in [0, 0.05) is 19.4 Å². The highest BCUT2D eigenvalue weighted by Crippen LogP contribution is 2.34. The van der Waals surface area contributed by atoms with E-state index in [1.165, 1.54) is 30.3 Å². The van der Waals surface area contributed by atoms with Crippen molar-refractivity contribution < 1.29 is 26.4 Å². The molecule has 3 rings (SSSR count). The maximum absolute atomic E-state index is 13.8. The Morgan fingerprint density at radius 2 is 1.72 bits per heavy atom. The van der Waals surface area contributed by atoms with Crippen molar-refractivity contribution >= 4 is 44.8 Å². The molecule has 172 valence electrons. The third-order valence-corrected chi connectivity index (χ3v) is 6.72. The summed E-state index contributed by atoms with van der Waals surface area (Å²) in [7, 11) is -4.21. The number of nitrogens with one attached hydrogen (secondary N) is 1. The van der Waals surface area contributed by atoms with E-state index in [9.17, 15) is 26.4 Å². The number of Topliss-reactive ketones (excluding diaryl/α,β-unsaturated/α-hetero) is 1. The lowest BCUT2D eigenvalue weighted by atomic mass is 9.99. The van der Waals surface area contributed by atoms with E-state index in [0.29, 0.717) is 0 Å². The molecule has 1 atom stereocenters. The van der Waals surface area contributed by atoms with Crippen LogP contribution in [0.5, 0.6) is 0 Å². The average Bonchev–Trinajstić information content (AvgIpc) is 2.70. The number of sulfonamides is 1. The van der Waals surface area contributed by atoms with Crippen molar-refractivity contribution in [2.45, 2.75) is 36.9 Å².